The van der Waals surface area contributed by atoms with E-state index in [0.29, 0.717) is 24.3 Å². The Morgan fingerprint density at radius 3 is 1.63 bits per heavy atom. The van der Waals surface area contributed by atoms with E-state index in [1.165, 1.54) is 36.4 Å². The van der Waals surface area contributed by atoms with Crippen molar-refractivity contribution in [3.8, 4) is 0 Å². The number of carbonyl (C=O) groups is 1. The molecule has 198 valence electrons. The van der Waals surface area contributed by atoms with Crippen molar-refractivity contribution in [2.24, 2.45) is 0 Å². The van der Waals surface area contributed by atoms with Crippen LogP contribution in [0.2, 0.25) is 0 Å². The van der Waals surface area contributed by atoms with E-state index >= 15 is 0 Å². The predicted molar refractivity (Wildman–Crippen MR) is 143 cm³/mol. The molecule has 0 aliphatic rings. The van der Waals surface area contributed by atoms with Gasteiger partial charge in [0.15, 0.2) is 5.78 Å². The van der Waals surface area contributed by atoms with Gasteiger partial charge >= 0.3 is 0 Å². The number of hydrogen-bond donors (Lipinski definition) is 1. The van der Waals surface area contributed by atoms with Crippen LogP contribution in [0.25, 0.3) is 0 Å². The molecular formula is C32H32F2O4. The molecule has 0 spiro atoms. The predicted octanol–water partition coefficient (Wildman–Crippen LogP) is 7.08. The minimum absolute atomic E-state index is 0.143. The maximum atomic E-state index is 12.8. The normalized spacial score (nSPS) is 13.1. The summed E-state index contributed by atoms with van der Waals surface area (Å²) in [6.07, 6.45) is -1.67. The van der Waals surface area contributed by atoms with Crippen molar-refractivity contribution in [2.75, 3.05) is 0 Å². The Labute approximate surface area is 222 Å². The van der Waals surface area contributed by atoms with Crippen LogP contribution in [0.5, 0.6) is 0 Å². The summed E-state index contributed by atoms with van der Waals surface area (Å²) in [4.78, 5) is 12.0. The number of rotatable bonds is 10. The highest BCUT2D eigenvalue weighted by atomic mass is 19.1. The van der Waals surface area contributed by atoms with Gasteiger partial charge in [0.25, 0.3) is 0 Å². The van der Waals surface area contributed by atoms with Crippen LogP contribution in [0.3, 0.4) is 0 Å². The summed E-state index contributed by atoms with van der Waals surface area (Å²) < 4.78 is 36.7. The van der Waals surface area contributed by atoms with Gasteiger partial charge < -0.3 is 14.6 Å². The first-order valence-corrected chi connectivity index (χ1v) is 12.4. The van der Waals surface area contributed by atoms with Crippen LogP contribution in [0.15, 0.2) is 109 Å². The molecule has 0 heterocycles. The van der Waals surface area contributed by atoms with Gasteiger partial charge in [0.2, 0.25) is 0 Å². The fraction of sp³-hybridized carbons (Fsp3) is 0.219. The van der Waals surface area contributed by atoms with Crippen molar-refractivity contribution in [2.45, 2.75) is 45.4 Å². The minimum atomic E-state index is -0.760. The second-order valence-corrected chi connectivity index (χ2v) is 8.81. The van der Waals surface area contributed by atoms with Crippen LogP contribution in [0, 0.1) is 11.6 Å². The summed E-state index contributed by atoms with van der Waals surface area (Å²) in [6.45, 7) is 4.33. The lowest BCUT2D eigenvalue weighted by Gasteiger charge is -2.20. The standard InChI is InChI=1S/C16H17FO2.C16H15FO2/c2*1-12(19-11-13-5-3-2-4-6-13)16(18)14-7-9-15(17)10-8-14/h2-10,12,16,18H,11H2,1H3;2-10,12H,11H2,1H3/t12-,16?;12-/m00/s1. The molecule has 0 radical (unpaired) electrons. The molecule has 3 atom stereocenters. The molecule has 0 amide bonds. The van der Waals surface area contributed by atoms with E-state index in [4.69, 9.17) is 9.47 Å². The Bertz CT molecular complexity index is 1230. The number of aliphatic hydroxyl groups excluding tert-OH is 1. The number of ketones is 1. The Kier molecular flexibility index (Phi) is 11.3. The van der Waals surface area contributed by atoms with E-state index in [0.717, 1.165) is 11.1 Å². The molecule has 4 nitrogen and oxygen atoms in total. The number of hydrogen-bond acceptors (Lipinski definition) is 4. The quantitative estimate of drug-likeness (QED) is 0.228. The van der Waals surface area contributed by atoms with Crippen LogP contribution >= 0.6 is 0 Å². The third-order valence-corrected chi connectivity index (χ3v) is 5.85. The first kappa shape index (κ1) is 28.9. The topological polar surface area (TPSA) is 55.8 Å². The van der Waals surface area contributed by atoms with Gasteiger partial charge in [-0.15, -0.1) is 0 Å². The van der Waals surface area contributed by atoms with Crippen LogP contribution in [0.1, 0.15) is 47.0 Å². The summed E-state index contributed by atoms with van der Waals surface area (Å²) in [5.41, 5.74) is 3.19. The van der Waals surface area contributed by atoms with E-state index in [1.807, 2.05) is 60.7 Å². The van der Waals surface area contributed by atoms with E-state index in [1.54, 1.807) is 26.0 Å². The number of Topliss-reactive ketones (excluding diaryl/α,β-unsaturated/α-hetero) is 1. The first-order chi connectivity index (χ1) is 18.3. The average Bonchev–Trinajstić information content (AvgIpc) is 2.96. The molecule has 0 saturated heterocycles. The maximum Gasteiger partial charge on any atom is 0.191 e. The molecule has 4 aromatic rings. The Morgan fingerprint density at radius 1 is 0.684 bits per heavy atom. The lowest BCUT2D eigenvalue weighted by molar-refractivity contribution is -0.0364. The Balaban J connectivity index is 0.000000211. The fourth-order valence-corrected chi connectivity index (χ4v) is 3.54. The second-order valence-electron chi connectivity index (χ2n) is 8.81. The first-order valence-electron chi connectivity index (χ1n) is 12.4. The fourth-order valence-electron chi connectivity index (χ4n) is 3.54. The van der Waals surface area contributed by atoms with Gasteiger partial charge in [0.1, 0.15) is 23.8 Å². The Hall–Kier alpha value is -3.71. The zero-order valence-electron chi connectivity index (χ0n) is 21.5. The lowest BCUT2D eigenvalue weighted by Crippen LogP contribution is -2.20. The number of aliphatic hydroxyl groups is 1. The molecular weight excluding hydrogens is 486 g/mol. The maximum absolute atomic E-state index is 12.8. The average molecular weight is 519 g/mol. The van der Waals surface area contributed by atoms with Gasteiger partial charge in [-0.3, -0.25) is 4.79 Å². The van der Waals surface area contributed by atoms with Crippen molar-refractivity contribution in [3.63, 3.8) is 0 Å². The van der Waals surface area contributed by atoms with Crippen molar-refractivity contribution in [1.29, 1.82) is 0 Å². The molecule has 4 rings (SSSR count). The number of benzene rings is 4. The van der Waals surface area contributed by atoms with Gasteiger partial charge in [-0.2, -0.15) is 0 Å². The summed E-state index contributed by atoms with van der Waals surface area (Å²) in [7, 11) is 0. The highest BCUT2D eigenvalue weighted by Gasteiger charge is 2.17. The van der Waals surface area contributed by atoms with Crippen molar-refractivity contribution in [3.05, 3.63) is 143 Å². The molecule has 1 unspecified atom stereocenters. The van der Waals surface area contributed by atoms with Crippen molar-refractivity contribution in [1.82, 2.24) is 0 Å². The molecule has 0 fully saturated rings. The largest absolute Gasteiger partial charge is 0.386 e. The molecule has 0 aliphatic heterocycles. The van der Waals surface area contributed by atoms with Gasteiger partial charge in [-0.05, 0) is 66.9 Å². The van der Waals surface area contributed by atoms with Gasteiger partial charge in [-0.25, -0.2) is 8.78 Å². The van der Waals surface area contributed by atoms with Crippen molar-refractivity contribution < 1.29 is 28.2 Å². The van der Waals surface area contributed by atoms with Crippen LogP contribution in [0.4, 0.5) is 8.78 Å². The lowest BCUT2D eigenvalue weighted by atomic mass is 10.1. The smallest absolute Gasteiger partial charge is 0.191 e. The van der Waals surface area contributed by atoms with Gasteiger partial charge in [-0.1, -0.05) is 72.8 Å². The number of carbonyl (C=O) groups excluding carboxylic acids is 1. The third-order valence-electron chi connectivity index (χ3n) is 5.85. The van der Waals surface area contributed by atoms with Crippen LogP contribution in [-0.4, -0.2) is 23.1 Å². The highest BCUT2D eigenvalue weighted by molar-refractivity contribution is 5.99. The minimum Gasteiger partial charge on any atom is -0.386 e. The number of halogens is 2. The van der Waals surface area contributed by atoms with Crippen LogP contribution < -0.4 is 0 Å². The molecule has 0 saturated carbocycles. The molecule has 4 aromatic carbocycles. The summed E-state index contributed by atoms with van der Waals surface area (Å²) in [5.74, 6) is -0.806. The summed E-state index contributed by atoms with van der Waals surface area (Å²) in [5, 5.41) is 10.1. The molecule has 1 N–H and O–H groups in total. The summed E-state index contributed by atoms with van der Waals surface area (Å²) in [6, 6.07) is 30.7. The third kappa shape index (κ3) is 9.30. The summed E-state index contributed by atoms with van der Waals surface area (Å²) >= 11 is 0. The van der Waals surface area contributed by atoms with Crippen molar-refractivity contribution >= 4 is 5.78 Å². The highest BCUT2D eigenvalue weighted by Crippen LogP contribution is 2.20. The van der Waals surface area contributed by atoms with Gasteiger partial charge in [0, 0.05) is 5.56 Å². The van der Waals surface area contributed by atoms with Crippen LogP contribution in [-0.2, 0) is 22.7 Å². The molecule has 0 aliphatic carbocycles. The second kappa shape index (κ2) is 14.9. The number of ether oxygens (including phenoxy) is 2. The molecule has 38 heavy (non-hydrogen) atoms. The zero-order chi connectivity index (χ0) is 27.3. The van der Waals surface area contributed by atoms with E-state index in [9.17, 15) is 18.7 Å². The molecule has 6 heteroatoms. The van der Waals surface area contributed by atoms with E-state index in [2.05, 4.69) is 0 Å². The Morgan fingerprint density at radius 2 is 1.13 bits per heavy atom. The van der Waals surface area contributed by atoms with Gasteiger partial charge in [0.05, 0.1) is 19.3 Å². The van der Waals surface area contributed by atoms with E-state index in [-0.39, 0.29) is 23.5 Å². The van der Waals surface area contributed by atoms with E-state index < -0.39 is 12.2 Å². The zero-order valence-corrected chi connectivity index (χ0v) is 21.5. The SMILES string of the molecule is C[C@H](OCc1ccccc1)C(=O)c1ccc(F)cc1.C[C@H](OCc1ccccc1)C(O)c1ccc(F)cc1. The molecule has 0 aromatic heterocycles. The monoisotopic (exact) mass is 518 g/mol. The molecule has 0 bridgehead atoms.